The molecule has 1 unspecified atom stereocenters. The summed E-state index contributed by atoms with van der Waals surface area (Å²) in [5.74, 6) is -17.7. The lowest BCUT2D eigenvalue weighted by molar-refractivity contribution is -0.149. The number of fused-ring (bicyclic) bond motifs is 4. The van der Waals surface area contributed by atoms with E-state index in [1.807, 2.05) is 13.8 Å². The van der Waals surface area contributed by atoms with Crippen LogP contribution in [0.2, 0.25) is 0 Å². The Morgan fingerprint density at radius 2 is 1.09 bits per heavy atom. The molecule has 135 heavy (non-hydrogen) atoms. The number of hydrogen-bond acceptors (Lipinski definition) is 23. The minimum atomic E-state index is -1.89. The number of rotatable bonds is 26. The largest absolute Gasteiger partial charge is 0.394 e. The number of nitrogens with zero attached hydrogens (tertiary/aromatic N) is 7. The molecule has 0 aliphatic carbocycles. The number of carbonyl (C=O) groups excluding carboxylic acids is 17. The quantitative estimate of drug-likeness (QED) is 0.0144. The lowest BCUT2D eigenvalue weighted by Gasteiger charge is -2.36. The zero-order chi connectivity index (χ0) is 98.4. The molecule has 0 saturated carbocycles. The first-order valence-corrected chi connectivity index (χ1v) is 46.4. The zero-order valence-electron chi connectivity index (χ0n) is 77.1. The van der Waals surface area contributed by atoms with Crippen molar-refractivity contribution in [2.75, 3.05) is 65.4 Å². The fourth-order valence-corrected chi connectivity index (χ4v) is 17.5. The van der Waals surface area contributed by atoms with E-state index in [1.165, 1.54) is 53.0 Å². The fourth-order valence-electron chi connectivity index (χ4n) is 16.7. The molecule has 2 aromatic carbocycles. The summed E-state index contributed by atoms with van der Waals surface area (Å²) in [4.78, 5) is 273. The molecule has 6 aromatic rings. The third-order valence-electron chi connectivity index (χ3n) is 24.1. The average molecular weight is 1900 g/mol. The number of guanidine groups is 1. The van der Waals surface area contributed by atoms with Crippen LogP contribution < -0.4 is 75.7 Å². The summed E-state index contributed by atoms with van der Waals surface area (Å²) < 4.78 is 0. The Morgan fingerprint density at radius 1 is 0.548 bits per heavy atom. The molecule has 3 fully saturated rings. The predicted molar refractivity (Wildman–Crippen MR) is 496 cm³/mol. The molecule has 3 aliphatic rings. The number of nitrogens with one attached hydrogen (secondary N) is 15. The van der Waals surface area contributed by atoms with Gasteiger partial charge in [0.05, 0.1) is 37.8 Å². The summed E-state index contributed by atoms with van der Waals surface area (Å²) in [5, 5.41) is 61.0. The van der Waals surface area contributed by atoms with Gasteiger partial charge in [-0.3, -0.25) is 91.9 Å². The number of imidazole rings is 1. The summed E-state index contributed by atoms with van der Waals surface area (Å²) in [6, 6.07) is -4.51. The topological polar surface area (TPSA) is 654 Å². The van der Waals surface area contributed by atoms with Crippen LogP contribution in [0.1, 0.15) is 140 Å². The van der Waals surface area contributed by atoms with E-state index in [0.29, 0.717) is 69.9 Å². The van der Waals surface area contributed by atoms with E-state index in [2.05, 4.69) is 83.4 Å². The van der Waals surface area contributed by atoms with Crippen LogP contribution in [0.25, 0.3) is 21.8 Å². The number of primary amides is 2. The third kappa shape index (κ3) is 29.5. The van der Waals surface area contributed by atoms with Crippen molar-refractivity contribution in [3.05, 3.63) is 120 Å². The molecule has 0 spiro atoms. The minimum absolute atomic E-state index is 0.00734. The van der Waals surface area contributed by atoms with Gasteiger partial charge in [0.1, 0.15) is 84.6 Å². The van der Waals surface area contributed by atoms with Crippen LogP contribution in [-0.4, -0.2) is 322 Å². The maximum absolute atomic E-state index is 15.8. The standard InChI is InChI=1S/C90H127N25O19S/c1-9-11-24-69-82(127)103-60(23-17-29-97-90(93)94)78(123)110-68(77(122)100-43-74(92)119)46-135-47-75(120)102-64(34-51-27-30-95-31-28-51)85(130)111(6)50(5)76(121)106-66(39-73(91)118)87(132)114-32-18-26-70(114)83(128)105-62(37-54-42-96-48-101-54)80(125)107-63(33-49(3)4)88(133)115-44-55(117)38-72(115)84(129)104-61(35-52-40-98-58-21-15-13-19-56(52)58)79(124)109-67(45-116)81(126)108-65(36-53-41-99-59-22-16-14-20-57(53)59)86(131)113(8)71(25-12-10-2)89(134)112(69)7/h13-16,19-22,27-28,30-31,40-42,48-50,55,60-72,98-99,116-117H,9-12,17-18,23-26,29,32-39,43-47H2,1-8H3,(H2,91,118)(H2,92,119)(H,96,101)(H,100,122)(H,102,120)(H,103,127)(H,104,129)(H,105,128)(H,106,121)(H,107,125)(H,108,126)(H,109,124)(H,110,123)(H4,93,94,97)/t50-,55+,60-,61-,62-,63-,64-,65-,66-,67-,68-,69-,70-,71-,72?/m0/s1. The molecule has 9 rings (SSSR count). The molecular formula is C90H127N25O19S. The molecule has 0 bridgehead atoms. The lowest BCUT2D eigenvalue weighted by atomic mass is 10.00. The molecule has 23 N–H and O–H groups in total. The number of nitrogens with two attached hydrogens (primary N) is 3. The second kappa shape index (κ2) is 50.5. The number of hydrogen-bond donors (Lipinski definition) is 20. The zero-order valence-corrected chi connectivity index (χ0v) is 77.9. The summed E-state index contributed by atoms with van der Waals surface area (Å²) in [5.41, 5.74) is 19.9. The van der Waals surface area contributed by atoms with Gasteiger partial charge in [-0.15, -0.1) is 11.8 Å². The van der Waals surface area contributed by atoms with Crippen molar-refractivity contribution < 1.29 is 91.7 Å². The van der Waals surface area contributed by atoms with Gasteiger partial charge in [-0.2, -0.15) is 0 Å². The van der Waals surface area contributed by atoms with Gasteiger partial charge in [0, 0.05) is 137 Å². The highest BCUT2D eigenvalue weighted by molar-refractivity contribution is 8.00. The first-order chi connectivity index (χ1) is 64.4. The van der Waals surface area contributed by atoms with Crippen LogP contribution >= 0.6 is 11.8 Å². The van der Waals surface area contributed by atoms with Crippen LogP contribution in [0, 0.1) is 11.3 Å². The van der Waals surface area contributed by atoms with Gasteiger partial charge in [-0.25, -0.2) is 4.98 Å². The van der Waals surface area contributed by atoms with Gasteiger partial charge >= 0.3 is 0 Å². The Hall–Kier alpha value is -13.6. The molecule has 45 heteroatoms. The number of pyridine rings is 1. The first kappa shape index (κ1) is 105. The van der Waals surface area contributed by atoms with Crippen molar-refractivity contribution in [2.24, 2.45) is 23.1 Å². The van der Waals surface area contributed by atoms with E-state index in [1.54, 1.807) is 86.9 Å². The first-order valence-electron chi connectivity index (χ1n) is 45.3. The van der Waals surface area contributed by atoms with Crippen molar-refractivity contribution in [2.45, 2.75) is 234 Å². The maximum Gasteiger partial charge on any atom is 0.246 e. The van der Waals surface area contributed by atoms with Crippen molar-refractivity contribution in [1.29, 1.82) is 5.41 Å². The number of para-hydroxylation sites is 2. The second-order valence-electron chi connectivity index (χ2n) is 34.7. The molecule has 3 aliphatic heterocycles. The fraction of sp³-hybridized carbons (Fsp3) is 0.533. The van der Waals surface area contributed by atoms with E-state index in [0.717, 1.165) is 36.3 Å². The summed E-state index contributed by atoms with van der Waals surface area (Å²) in [6.45, 7) is 6.08. The highest BCUT2D eigenvalue weighted by Crippen LogP contribution is 2.28. The van der Waals surface area contributed by atoms with Crippen molar-refractivity contribution in [3.8, 4) is 0 Å². The normalized spacial score (nSPS) is 24.8. The van der Waals surface area contributed by atoms with Gasteiger partial charge in [0.25, 0.3) is 0 Å². The molecule has 15 atom stereocenters. The molecular weight excluding hydrogens is 1770 g/mol. The second-order valence-corrected chi connectivity index (χ2v) is 35.7. The SMILES string of the molecule is CCCC[C@H]1C(=O)N(C)[C@@H](CCCC)C(=O)N[C@@H](CCCNC(=N)N)C(=O)N[C@H](C(=O)NCC(N)=O)CSCC(=O)N[C@@H](Cc2ccncc2)C(=O)N(C)[C@@H](C)C(=O)N[C@@H](CC(N)=O)C(=O)N2CCC[C@H]2C(=O)N[C@@H](Cc2cnc[nH]2)C(=O)N[C@@H](CC(C)C)C(=O)N2C[C@H](O)CC2C(=O)N[C@@H](Cc2c[nH]c3ccccc23)C(=O)N[C@@H](CO)C(=O)N[C@@H](Cc2c[nH]c3ccccc23)C(=O)N1C. The number of benzene rings is 2. The molecule has 0 radical (unpaired) electrons. The number of aliphatic hydroxyl groups excluding tert-OH is 2. The number of likely N-dealkylation sites (N-methyl/N-ethyl adjacent to an activating group) is 3. The molecule has 732 valence electrons. The maximum atomic E-state index is 15.8. The van der Waals surface area contributed by atoms with Crippen LogP contribution in [0.3, 0.4) is 0 Å². The Labute approximate surface area is 784 Å². The smallest absolute Gasteiger partial charge is 0.246 e. The van der Waals surface area contributed by atoms with Crippen molar-refractivity contribution in [1.82, 2.24) is 108 Å². The van der Waals surface area contributed by atoms with E-state index >= 15 is 38.4 Å². The number of unbranched alkanes of at least 4 members (excludes halogenated alkanes) is 2. The van der Waals surface area contributed by atoms with E-state index in [9.17, 15) is 53.4 Å². The minimum Gasteiger partial charge on any atom is -0.394 e. The van der Waals surface area contributed by atoms with Gasteiger partial charge in [0.15, 0.2) is 5.96 Å². The highest BCUT2D eigenvalue weighted by atomic mass is 32.2. The number of amides is 17. The Bertz CT molecular complexity index is 5190. The number of H-pyrrole nitrogens is 3. The number of carbonyl (C=O) groups is 17. The van der Waals surface area contributed by atoms with Gasteiger partial charge < -0.3 is 125 Å². The van der Waals surface area contributed by atoms with E-state index in [4.69, 9.17) is 22.6 Å². The molecule has 44 nitrogen and oxygen atoms in total. The third-order valence-corrected chi connectivity index (χ3v) is 25.2. The van der Waals surface area contributed by atoms with Crippen LogP contribution in [0.4, 0.5) is 0 Å². The average Bonchev–Trinajstić information content (AvgIpc) is 1.72. The van der Waals surface area contributed by atoms with Crippen LogP contribution in [-0.2, 0) is 107 Å². The molecule has 3 saturated heterocycles. The Kier molecular flexibility index (Phi) is 39.3. The van der Waals surface area contributed by atoms with E-state index in [-0.39, 0.29) is 96.1 Å². The molecule has 4 aromatic heterocycles. The summed E-state index contributed by atoms with van der Waals surface area (Å²) in [6.07, 6.45) is 6.71. The van der Waals surface area contributed by atoms with Crippen molar-refractivity contribution >= 4 is 140 Å². The van der Waals surface area contributed by atoms with Gasteiger partial charge in [-0.1, -0.05) is 89.8 Å². The van der Waals surface area contributed by atoms with Crippen LogP contribution in [0.5, 0.6) is 0 Å². The number of aromatic nitrogens is 5. The number of aliphatic hydroxyl groups is 2. The van der Waals surface area contributed by atoms with Crippen LogP contribution in [0.15, 0.2) is 98.0 Å². The Morgan fingerprint density at radius 3 is 1.69 bits per heavy atom. The van der Waals surface area contributed by atoms with Gasteiger partial charge in [0.2, 0.25) is 100 Å². The van der Waals surface area contributed by atoms with Crippen molar-refractivity contribution in [3.63, 3.8) is 0 Å². The number of aromatic amines is 3. The van der Waals surface area contributed by atoms with E-state index < -0.39 is 235 Å². The lowest BCUT2D eigenvalue weighted by Crippen LogP contribution is -2.62. The molecule has 17 amide bonds. The Balaban J connectivity index is 1.10. The van der Waals surface area contributed by atoms with Gasteiger partial charge in [-0.05, 0) is 98.7 Å². The highest BCUT2D eigenvalue weighted by Gasteiger charge is 2.47. The monoisotopic (exact) mass is 1890 g/mol. The summed E-state index contributed by atoms with van der Waals surface area (Å²) >= 11 is 0.781. The summed E-state index contributed by atoms with van der Waals surface area (Å²) in [7, 11) is 3.93. The number of thioether (sulfide) groups is 1. The predicted octanol–water partition coefficient (Wildman–Crippen LogP) is -3.24. The molecule has 7 heterocycles.